The summed E-state index contributed by atoms with van der Waals surface area (Å²) in [4.78, 5) is 12.3. The molecule has 0 spiro atoms. The maximum atomic E-state index is 12.3. The lowest BCUT2D eigenvalue weighted by molar-refractivity contribution is -0.116. The van der Waals surface area contributed by atoms with Crippen molar-refractivity contribution in [1.29, 1.82) is 0 Å². The number of aromatic nitrogens is 2. The zero-order valence-electron chi connectivity index (χ0n) is 13.0. The minimum Gasteiger partial charge on any atom is -0.371 e. The Hall–Kier alpha value is -2.30. The molecule has 1 aromatic carbocycles. The second-order valence-electron chi connectivity index (χ2n) is 5.19. The molecule has 5 nitrogen and oxygen atoms in total. The van der Waals surface area contributed by atoms with Gasteiger partial charge in [-0.1, -0.05) is 25.1 Å². The van der Waals surface area contributed by atoms with Crippen LogP contribution >= 0.6 is 0 Å². The van der Waals surface area contributed by atoms with Crippen LogP contribution in [0.5, 0.6) is 0 Å². The first-order valence-corrected chi connectivity index (χ1v) is 7.16. The van der Waals surface area contributed by atoms with E-state index in [1.54, 1.807) is 4.68 Å². The van der Waals surface area contributed by atoms with E-state index in [1.165, 1.54) is 0 Å². The summed E-state index contributed by atoms with van der Waals surface area (Å²) in [5, 5.41) is 10.5. The minimum atomic E-state index is -0.334. The summed E-state index contributed by atoms with van der Waals surface area (Å²) in [7, 11) is 1.88. The van der Waals surface area contributed by atoms with E-state index >= 15 is 0 Å². The summed E-state index contributed by atoms with van der Waals surface area (Å²) in [6.45, 7) is 5.87. The number of anilines is 2. The Labute approximate surface area is 125 Å². The maximum absolute atomic E-state index is 12.3. The summed E-state index contributed by atoms with van der Waals surface area (Å²) in [6, 6.07) is 7.41. The summed E-state index contributed by atoms with van der Waals surface area (Å²) in [6.07, 6.45) is 2.73. The smallest absolute Gasteiger partial charge is 0.246 e. The number of nitrogens with zero attached hydrogens (tertiary/aromatic N) is 2. The fraction of sp³-hybridized carbons (Fsp3) is 0.375. The number of benzene rings is 1. The SMILES string of the molecule is CCc1nn(C)cc1N[C@@H](C)C(=O)Nc1ccccc1C. The second kappa shape index (κ2) is 6.43. The van der Waals surface area contributed by atoms with Crippen LogP contribution < -0.4 is 10.6 Å². The Morgan fingerprint density at radius 3 is 2.71 bits per heavy atom. The Morgan fingerprint density at radius 2 is 2.05 bits per heavy atom. The third kappa shape index (κ3) is 3.62. The van der Waals surface area contributed by atoms with Crippen LogP contribution in [0.15, 0.2) is 30.5 Å². The molecule has 2 aromatic rings. The van der Waals surface area contributed by atoms with E-state index in [9.17, 15) is 4.79 Å². The van der Waals surface area contributed by atoms with Gasteiger partial charge in [-0.05, 0) is 31.9 Å². The van der Waals surface area contributed by atoms with Crippen LogP contribution in [-0.2, 0) is 18.3 Å². The predicted octanol–water partition coefficient (Wildman–Crippen LogP) is 2.73. The maximum Gasteiger partial charge on any atom is 0.246 e. The van der Waals surface area contributed by atoms with Crippen molar-refractivity contribution >= 4 is 17.3 Å². The highest BCUT2D eigenvalue weighted by atomic mass is 16.2. The normalized spacial score (nSPS) is 12.0. The molecule has 2 rings (SSSR count). The number of aryl methyl sites for hydroxylation is 3. The molecule has 0 unspecified atom stereocenters. The van der Waals surface area contributed by atoms with Crippen molar-refractivity contribution < 1.29 is 4.79 Å². The number of hydrogen-bond donors (Lipinski definition) is 2. The number of amides is 1. The first-order chi connectivity index (χ1) is 10.0. The zero-order valence-corrected chi connectivity index (χ0v) is 13.0. The average molecular weight is 286 g/mol. The van der Waals surface area contributed by atoms with Crippen LogP contribution in [0.2, 0.25) is 0 Å². The second-order valence-corrected chi connectivity index (χ2v) is 5.19. The van der Waals surface area contributed by atoms with E-state index in [-0.39, 0.29) is 11.9 Å². The fourth-order valence-electron chi connectivity index (χ4n) is 2.17. The van der Waals surface area contributed by atoms with Gasteiger partial charge in [-0.25, -0.2) is 0 Å². The Balaban J connectivity index is 2.04. The molecular weight excluding hydrogens is 264 g/mol. The summed E-state index contributed by atoms with van der Waals surface area (Å²) in [5.74, 6) is -0.0600. The Bertz CT molecular complexity index is 633. The summed E-state index contributed by atoms with van der Waals surface area (Å²) in [5.41, 5.74) is 3.77. The quantitative estimate of drug-likeness (QED) is 0.888. The standard InChI is InChI=1S/C16H22N4O/c1-5-13-15(10-20(4)19-13)17-12(3)16(21)18-14-9-7-6-8-11(14)2/h6-10,12,17H,5H2,1-4H3,(H,18,21)/t12-/m0/s1. The van der Waals surface area contributed by atoms with Crippen LogP contribution in [0.25, 0.3) is 0 Å². The molecule has 0 saturated heterocycles. The van der Waals surface area contributed by atoms with E-state index in [0.717, 1.165) is 29.1 Å². The van der Waals surface area contributed by atoms with Crippen molar-refractivity contribution in [2.45, 2.75) is 33.2 Å². The highest BCUT2D eigenvalue weighted by molar-refractivity contribution is 5.96. The Kier molecular flexibility index (Phi) is 4.62. The van der Waals surface area contributed by atoms with Crippen LogP contribution in [-0.4, -0.2) is 21.7 Å². The van der Waals surface area contributed by atoms with Crippen LogP contribution in [0.1, 0.15) is 25.1 Å². The number of hydrogen-bond acceptors (Lipinski definition) is 3. The van der Waals surface area contributed by atoms with Gasteiger partial charge < -0.3 is 10.6 Å². The largest absolute Gasteiger partial charge is 0.371 e. The van der Waals surface area contributed by atoms with Gasteiger partial charge in [0.1, 0.15) is 6.04 Å². The fourth-order valence-corrected chi connectivity index (χ4v) is 2.17. The predicted molar refractivity (Wildman–Crippen MR) is 85.5 cm³/mol. The Morgan fingerprint density at radius 1 is 1.33 bits per heavy atom. The molecule has 1 atom stereocenters. The molecule has 0 bridgehead atoms. The minimum absolute atomic E-state index is 0.0600. The van der Waals surface area contributed by atoms with Crippen molar-refractivity contribution in [3.63, 3.8) is 0 Å². The van der Waals surface area contributed by atoms with Crippen LogP contribution in [0.4, 0.5) is 11.4 Å². The third-order valence-electron chi connectivity index (χ3n) is 3.41. The third-order valence-corrected chi connectivity index (χ3v) is 3.41. The average Bonchev–Trinajstić information content (AvgIpc) is 2.81. The first kappa shape index (κ1) is 15.1. The van der Waals surface area contributed by atoms with Crippen LogP contribution in [0, 0.1) is 6.92 Å². The van der Waals surface area contributed by atoms with E-state index in [1.807, 2.05) is 58.3 Å². The topological polar surface area (TPSA) is 59.0 Å². The molecule has 21 heavy (non-hydrogen) atoms. The van der Waals surface area contributed by atoms with Crippen molar-refractivity contribution in [3.8, 4) is 0 Å². The first-order valence-electron chi connectivity index (χ1n) is 7.16. The lowest BCUT2D eigenvalue weighted by Gasteiger charge is -2.16. The van der Waals surface area contributed by atoms with Crippen molar-refractivity contribution in [2.75, 3.05) is 10.6 Å². The van der Waals surface area contributed by atoms with Gasteiger partial charge in [0.2, 0.25) is 5.91 Å². The number of rotatable bonds is 5. The van der Waals surface area contributed by atoms with Gasteiger partial charge in [0.05, 0.1) is 11.4 Å². The monoisotopic (exact) mass is 286 g/mol. The molecule has 0 saturated carbocycles. The van der Waals surface area contributed by atoms with Crippen molar-refractivity contribution in [1.82, 2.24) is 9.78 Å². The van der Waals surface area contributed by atoms with E-state index in [2.05, 4.69) is 15.7 Å². The van der Waals surface area contributed by atoms with Gasteiger partial charge in [0.25, 0.3) is 0 Å². The summed E-state index contributed by atoms with van der Waals surface area (Å²) < 4.78 is 1.76. The molecule has 5 heteroatoms. The molecule has 0 radical (unpaired) electrons. The van der Waals surface area contributed by atoms with Gasteiger partial charge in [-0.3, -0.25) is 9.48 Å². The van der Waals surface area contributed by atoms with Gasteiger partial charge in [0.15, 0.2) is 0 Å². The molecule has 1 aromatic heterocycles. The molecule has 0 aliphatic heterocycles. The molecule has 2 N–H and O–H groups in total. The number of para-hydroxylation sites is 1. The van der Waals surface area contributed by atoms with E-state index in [4.69, 9.17) is 0 Å². The molecule has 0 aliphatic carbocycles. The summed E-state index contributed by atoms with van der Waals surface area (Å²) >= 11 is 0. The zero-order chi connectivity index (χ0) is 15.4. The van der Waals surface area contributed by atoms with E-state index < -0.39 is 0 Å². The van der Waals surface area contributed by atoms with Gasteiger partial charge in [-0.2, -0.15) is 5.10 Å². The molecule has 112 valence electrons. The van der Waals surface area contributed by atoms with Gasteiger partial charge >= 0.3 is 0 Å². The highest BCUT2D eigenvalue weighted by Crippen LogP contribution is 2.17. The van der Waals surface area contributed by atoms with Crippen LogP contribution in [0.3, 0.4) is 0 Å². The lowest BCUT2D eigenvalue weighted by atomic mass is 10.2. The highest BCUT2D eigenvalue weighted by Gasteiger charge is 2.16. The lowest BCUT2D eigenvalue weighted by Crippen LogP contribution is -2.32. The molecule has 0 aliphatic rings. The molecule has 0 fully saturated rings. The number of carbonyl (C=O) groups excluding carboxylic acids is 1. The number of nitrogens with one attached hydrogen (secondary N) is 2. The molecule has 1 amide bonds. The van der Waals surface area contributed by atoms with Crippen molar-refractivity contribution in [2.24, 2.45) is 7.05 Å². The van der Waals surface area contributed by atoms with E-state index in [0.29, 0.717) is 0 Å². The number of carbonyl (C=O) groups is 1. The van der Waals surface area contributed by atoms with Gasteiger partial charge in [-0.15, -0.1) is 0 Å². The molecule has 1 heterocycles. The molecular formula is C16H22N4O. The van der Waals surface area contributed by atoms with Crippen molar-refractivity contribution in [3.05, 3.63) is 41.7 Å². The van der Waals surface area contributed by atoms with Gasteiger partial charge in [0, 0.05) is 18.9 Å².